The van der Waals surface area contributed by atoms with Gasteiger partial charge in [0.2, 0.25) is 0 Å². The highest BCUT2D eigenvalue weighted by Crippen LogP contribution is 2.31. The number of nitrogens with zero attached hydrogens (tertiary/aromatic N) is 1. The zero-order valence-corrected chi connectivity index (χ0v) is 12.7. The molecular weight excluding hydrogens is 284 g/mol. The topological polar surface area (TPSA) is 74.0 Å². The van der Waals surface area contributed by atoms with E-state index in [1.54, 1.807) is 11.9 Å². The minimum atomic E-state index is -0.379. The third-order valence-corrected chi connectivity index (χ3v) is 4.07. The maximum atomic E-state index is 12.4. The molecule has 1 unspecified atom stereocenters. The van der Waals surface area contributed by atoms with Crippen LogP contribution in [0.15, 0.2) is 24.3 Å². The van der Waals surface area contributed by atoms with Gasteiger partial charge in [0, 0.05) is 13.6 Å². The Balaban J connectivity index is 1.54. The van der Waals surface area contributed by atoms with Crippen LogP contribution in [0.1, 0.15) is 12.8 Å². The predicted octanol–water partition coefficient (Wildman–Crippen LogP) is 0.791. The summed E-state index contributed by atoms with van der Waals surface area (Å²) in [6.07, 6.45) is 1.03. The maximum Gasteiger partial charge on any atom is 0.251 e. The van der Waals surface area contributed by atoms with Gasteiger partial charge in [0.25, 0.3) is 5.91 Å². The molecule has 0 bridgehead atoms. The summed E-state index contributed by atoms with van der Waals surface area (Å²) in [7, 11) is 1.77. The quantitative estimate of drug-likeness (QED) is 0.890. The lowest BCUT2D eigenvalue weighted by Gasteiger charge is -2.30. The van der Waals surface area contributed by atoms with Crippen LogP contribution in [0.25, 0.3) is 0 Å². The van der Waals surface area contributed by atoms with Crippen LogP contribution in [0.4, 0.5) is 0 Å². The minimum Gasteiger partial charge on any atom is -0.486 e. The fourth-order valence-corrected chi connectivity index (χ4v) is 2.86. The van der Waals surface area contributed by atoms with E-state index in [4.69, 9.17) is 19.9 Å². The van der Waals surface area contributed by atoms with E-state index in [2.05, 4.69) is 0 Å². The van der Waals surface area contributed by atoms with Gasteiger partial charge >= 0.3 is 0 Å². The van der Waals surface area contributed by atoms with Gasteiger partial charge in [-0.15, -0.1) is 0 Å². The van der Waals surface area contributed by atoms with Gasteiger partial charge in [0.1, 0.15) is 12.7 Å². The largest absolute Gasteiger partial charge is 0.486 e. The van der Waals surface area contributed by atoms with Crippen LogP contribution in [0, 0.1) is 0 Å². The second-order valence-electron chi connectivity index (χ2n) is 5.78. The van der Waals surface area contributed by atoms with Gasteiger partial charge in [-0.3, -0.25) is 4.79 Å². The normalized spacial score (nSPS) is 26.7. The van der Waals surface area contributed by atoms with Crippen molar-refractivity contribution in [2.75, 3.05) is 26.7 Å². The Morgan fingerprint density at radius 1 is 1.27 bits per heavy atom. The van der Waals surface area contributed by atoms with E-state index in [1.807, 2.05) is 24.3 Å². The molecule has 22 heavy (non-hydrogen) atoms. The number of hydrogen-bond acceptors (Lipinski definition) is 5. The lowest BCUT2D eigenvalue weighted by Crippen LogP contribution is -2.45. The lowest BCUT2D eigenvalue weighted by atomic mass is 10.1. The van der Waals surface area contributed by atoms with Crippen molar-refractivity contribution in [2.45, 2.75) is 31.2 Å². The zero-order valence-electron chi connectivity index (χ0n) is 12.7. The number of ether oxygens (including phenoxy) is 3. The number of carbonyl (C=O) groups excluding carboxylic acids is 1. The molecule has 1 amide bonds. The van der Waals surface area contributed by atoms with Crippen LogP contribution in [-0.2, 0) is 9.53 Å². The Morgan fingerprint density at radius 2 is 2.05 bits per heavy atom. The fraction of sp³-hybridized carbons (Fsp3) is 0.562. The highest BCUT2D eigenvalue weighted by atomic mass is 16.6. The molecule has 2 aliphatic heterocycles. The number of rotatable bonds is 4. The van der Waals surface area contributed by atoms with E-state index in [-0.39, 0.29) is 24.2 Å². The van der Waals surface area contributed by atoms with Crippen molar-refractivity contribution < 1.29 is 19.0 Å². The molecule has 120 valence electrons. The molecule has 6 nitrogen and oxygen atoms in total. The molecule has 1 aromatic rings. The van der Waals surface area contributed by atoms with Crippen molar-refractivity contribution >= 4 is 5.91 Å². The van der Waals surface area contributed by atoms with Crippen molar-refractivity contribution in [1.82, 2.24) is 4.90 Å². The molecule has 0 aromatic heterocycles. The molecule has 0 spiro atoms. The van der Waals surface area contributed by atoms with Gasteiger partial charge in [0.15, 0.2) is 17.6 Å². The Morgan fingerprint density at radius 3 is 2.77 bits per heavy atom. The second kappa shape index (κ2) is 6.54. The molecule has 6 heteroatoms. The van der Waals surface area contributed by atoms with Crippen LogP contribution >= 0.6 is 0 Å². The number of fused-ring (bicyclic) bond motifs is 1. The van der Waals surface area contributed by atoms with Crippen molar-refractivity contribution in [3.63, 3.8) is 0 Å². The Hall–Kier alpha value is -1.79. The number of benzene rings is 1. The van der Waals surface area contributed by atoms with Crippen molar-refractivity contribution in [3.05, 3.63) is 24.3 Å². The summed E-state index contributed by atoms with van der Waals surface area (Å²) in [5.74, 6) is 1.45. The van der Waals surface area contributed by atoms with Crippen LogP contribution < -0.4 is 15.2 Å². The average molecular weight is 306 g/mol. The zero-order chi connectivity index (χ0) is 15.5. The fourth-order valence-electron chi connectivity index (χ4n) is 2.86. The molecule has 2 heterocycles. The summed E-state index contributed by atoms with van der Waals surface area (Å²) < 4.78 is 17.2. The number of nitrogens with two attached hydrogens (primary N) is 1. The Kier molecular flexibility index (Phi) is 4.49. The Bertz CT molecular complexity index is 537. The monoisotopic (exact) mass is 306 g/mol. The first-order valence-corrected chi connectivity index (χ1v) is 7.66. The SMILES string of the molecule is CN(CC1COc2ccccc2O1)C(=O)[C@@H]1CC[C@H](CN)O1. The number of amides is 1. The van der Waals surface area contributed by atoms with E-state index in [1.165, 1.54) is 0 Å². The van der Waals surface area contributed by atoms with Crippen molar-refractivity contribution in [3.8, 4) is 11.5 Å². The minimum absolute atomic E-state index is 0.00323. The first kappa shape index (κ1) is 15.1. The number of likely N-dealkylation sites (N-methyl/N-ethyl adjacent to an activating group) is 1. The number of carbonyl (C=O) groups is 1. The molecule has 0 saturated carbocycles. The van der Waals surface area contributed by atoms with Crippen LogP contribution in [0.3, 0.4) is 0 Å². The first-order chi connectivity index (χ1) is 10.7. The number of hydrogen-bond donors (Lipinski definition) is 1. The molecule has 1 fully saturated rings. The van der Waals surface area contributed by atoms with Gasteiger partial charge < -0.3 is 24.8 Å². The summed E-state index contributed by atoms with van der Waals surface area (Å²) in [5, 5.41) is 0. The summed E-state index contributed by atoms with van der Waals surface area (Å²) in [6, 6.07) is 7.55. The number of para-hydroxylation sites is 2. The third-order valence-electron chi connectivity index (χ3n) is 4.07. The lowest BCUT2D eigenvalue weighted by molar-refractivity contribution is -0.142. The predicted molar refractivity (Wildman–Crippen MR) is 80.9 cm³/mol. The molecule has 1 saturated heterocycles. The molecule has 0 radical (unpaired) electrons. The van der Waals surface area contributed by atoms with Crippen molar-refractivity contribution in [1.29, 1.82) is 0 Å². The summed E-state index contributed by atoms with van der Waals surface area (Å²) in [4.78, 5) is 14.0. The highest BCUT2D eigenvalue weighted by Gasteiger charge is 2.33. The Labute approximate surface area is 130 Å². The van der Waals surface area contributed by atoms with E-state index >= 15 is 0 Å². The van der Waals surface area contributed by atoms with E-state index in [0.29, 0.717) is 19.7 Å². The smallest absolute Gasteiger partial charge is 0.251 e. The molecule has 2 aliphatic rings. The van der Waals surface area contributed by atoms with Gasteiger partial charge in [0.05, 0.1) is 12.6 Å². The maximum absolute atomic E-state index is 12.4. The van der Waals surface area contributed by atoms with Gasteiger partial charge in [-0.05, 0) is 25.0 Å². The average Bonchev–Trinajstić information content (AvgIpc) is 3.03. The molecule has 2 N–H and O–H groups in total. The summed E-state index contributed by atoms with van der Waals surface area (Å²) >= 11 is 0. The first-order valence-electron chi connectivity index (χ1n) is 7.66. The molecule has 3 atom stereocenters. The van der Waals surface area contributed by atoms with E-state index < -0.39 is 0 Å². The summed E-state index contributed by atoms with van der Waals surface area (Å²) in [5.41, 5.74) is 5.58. The van der Waals surface area contributed by atoms with Gasteiger partial charge in [-0.2, -0.15) is 0 Å². The van der Waals surface area contributed by atoms with Crippen LogP contribution in [-0.4, -0.2) is 55.9 Å². The van der Waals surface area contributed by atoms with Crippen LogP contribution in [0.2, 0.25) is 0 Å². The van der Waals surface area contributed by atoms with Crippen molar-refractivity contribution in [2.24, 2.45) is 5.73 Å². The van der Waals surface area contributed by atoms with Gasteiger partial charge in [-0.25, -0.2) is 0 Å². The van der Waals surface area contributed by atoms with E-state index in [0.717, 1.165) is 24.3 Å². The van der Waals surface area contributed by atoms with Gasteiger partial charge in [-0.1, -0.05) is 12.1 Å². The third kappa shape index (κ3) is 3.18. The highest BCUT2D eigenvalue weighted by molar-refractivity contribution is 5.81. The molecule has 0 aliphatic carbocycles. The van der Waals surface area contributed by atoms with E-state index in [9.17, 15) is 4.79 Å². The molecule has 3 rings (SSSR count). The van der Waals surface area contributed by atoms with Crippen LogP contribution in [0.5, 0.6) is 11.5 Å². The second-order valence-corrected chi connectivity index (χ2v) is 5.78. The molecular formula is C16H22N2O4. The standard InChI is InChI=1S/C16H22N2O4/c1-18(16(19)15-7-6-11(8-17)21-15)9-12-10-20-13-4-2-3-5-14(13)22-12/h2-5,11-12,15H,6-10,17H2,1H3/t11-,12?,15+/m1/s1. The summed E-state index contributed by atoms with van der Waals surface area (Å²) in [6.45, 7) is 1.37. The molecule has 1 aromatic carbocycles.